The summed E-state index contributed by atoms with van der Waals surface area (Å²) in [4.78, 5) is 24.6. The summed E-state index contributed by atoms with van der Waals surface area (Å²) in [6.07, 6.45) is 1.44. The molecule has 0 spiro atoms. The molecule has 0 radical (unpaired) electrons. The smallest absolute Gasteiger partial charge is 0.227 e. The minimum Gasteiger partial charge on any atom is -0.490 e. The molecular weight excluding hydrogens is 356 g/mol. The summed E-state index contributed by atoms with van der Waals surface area (Å²) in [6.45, 7) is 4.85. The second kappa shape index (κ2) is 9.26. The van der Waals surface area contributed by atoms with Crippen LogP contribution >= 0.6 is 0 Å². The molecule has 0 aromatic heterocycles. The second-order valence-corrected chi connectivity index (χ2v) is 6.66. The standard InChI is InChI=1S/C22H26N2O4/c1-3-27-19-11-10-17(14-20(19)28-4-2)23-21(25)12-9-16-13-15-7-5-6-8-18(15)24-22(16)26/h5-8,10-11,14,16H,3-4,9,12-13H2,1-2H3,(H,23,25)(H,24,26). The Kier molecular flexibility index (Phi) is 6.53. The van der Waals surface area contributed by atoms with Gasteiger partial charge in [0.25, 0.3) is 0 Å². The number of benzene rings is 2. The number of hydrogen-bond donors (Lipinski definition) is 2. The van der Waals surface area contributed by atoms with Crippen LogP contribution < -0.4 is 20.1 Å². The topological polar surface area (TPSA) is 76.7 Å². The molecule has 148 valence electrons. The van der Waals surface area contributed by atoms with Crippen molar-refractivity contribution in [1.29, 1.82) is 0 Å². The van der Waals surface area contributed by atoms with Crippen molar-refractivity contribution in [3.05, 3.63) is 48.0 Å². The first-order chi connectivity index (χ1) is 13.6. The lowest BCUT2D eigenvalue weighted by atomic mass is 9.89. The van der Waals surface area contributed by atoms with Gasteiger partial charge < -0.3 is 20.1 Å². The number of para-hydroxylation sites is 1. The van der Waals surface area contributed by atoms with Crippen LogP contribution in [0.2, 0.25) is 0 Å². The molecular formula is C22H26N2O4. The quantitative estimate of drug-likeness (QED) is 0.723. The SMILES string of the molecule is CCOc1ccc(NC(=O)CCC2Cc3ccccc3NC2=O)cc1OCC. The van der Waals surface area contributed by atoms with Gasteiger partial charge in [-0.25, -0.2) is 0 Å². The van der Waals surface area contributed by atoms with Crippen molar-refractivity contribution in [3.8, 4) is 11.5 Å². The normalized spacial score (nSPS) is 15.4. The van der Waals surface area contributed by atoms with Crippen molar-refractivity contribution in [2.75, 3.05) is 23.8 Å². The van der Waals surface area contributed by atoms with E-state index in [1.54, 1.807) is 18.2 Å². The molecule has 2 aromatic rings. The van der Waals surface area contributed by atoms with Crippen LogP contribution in [-0.4, -0.2) is 25.0 Å². The molecule has 3 rings (SSSR count). The monoisotopic (exact) mass is 382 g/mol. The van der Waals surface area contributed by atoms with Crippen LogP contribution in [0.4, 0.5) is 11.4 Å². The third kappa shape index (κ3) is 4.82. The van der Waals surface area contributed by atoms with E-state index in [1.165, 1.54) is 0 Å². The number of anilines is 2. The van der Waals surface area contributed by atoms with Crippen molar-refractivity contribution < 1.29 is 19.1 Å². The van der Waals surface area contributed by atoms with E-state index >= 15 is 0 Å². The lowest BCUT2D eigenvalue weighted by molar-refractivity contribution is -0.121. The Morgan fingerprint density at radius 2 is 1.86 bits per heavy atom. The second-order valence-electron chi connectivity index (χ2n) is 6.66. The number of fused-ring (bicyclic) bond motifs is 1. The predicted octanol–water partition coefficient (Wildman–Crippen LogP) is 4.01. The zero-order chi connectivity index (χ0) is 19.9. The summed E-state index contributed by atoms with van der Waals surface area (Å²) in [5, 5.41) is 5.80. The Morgan fingerprint density at radius 1 is 1.11 bits per heavy atom. The van der Waals surface area contributed by atoms with Gasteiger partial charge in [0.05, 0.1) is 13.2 Å². The maximum atomic E-state index is 12.4. The summed E-state index contributed by atoms with van der Waals surface area (Å²) in [7, 11) is 0. The minimum absolute atomic E-state index is 0.0220. The number of carbonyl (C=O) groups excluding carboxylic acids is 2. The molecule has 0 saturated heterocycles. The molecule has 0 saturated carbocycles. The van der Waals surface area contributed by atoms with Gasteiger partial charge >= 0.3 is 0 Å². The van der Waals surface area contributed by atoms with Gasteiger partial charge in [-0.05, 0) is 50.5 Å². The summed E-state index contributed by atoms with van der Waals surface area (Å²) in [5.41, 5.74) is 2.63. The van der Waals surface area contributed by atoms with Crippen molar-refractivity contribution >= 4 is 23.2 Å². The van der Waals surface area contributed by atoms with Crippen LogP contribution in [0.1, 0.15) is 32.3 Å². The van der Waals surface area contributed by atoms with Gasteiger partial charge in [0.2, 0.25) is 11.8 Å². The van der Waals surface area contributed by atoms with Crippen molar-refractivity contribution in [2.45, 2.75) is 33.1 Å². The molecule has 1 heterocycles. The van der Waals surface area contributed by atoms with E-state index < -0.39 is 0 Å². The molecule has 2 N–H and O–H groups in total. The van der Waals surface area contributed by atoms with Crippen LogP contribution in [0.25, 0.3) is 0 Å². The average molecular weight is 382 g/mol. The number of rotatable bonds is 8. The maximum Gasteiger partial charge on any atom is 0.227 e. The van der Waals surface area contributed by atoms with Gasteiger partial charge in [0, 0.05) is 29.8 Å². The van der Waals surface area contributed by atoms with E-state index in [9.17, 15) is 9.59 Å². The minimum atomic E-state index is -0.194. The van der Waals surface area contributed by atoms with Gasteiger partial charge in [-0.15, -0.1) is 0 Å². The van der Waals surface area contributed by atoms with E-state index in [1.807, 2.05) is 38.1 Å². The number of carbonyl (C=O) groups is 2. The van der Waals surface area contributed by atoms with Crippen LogP contribution in [0.5, 0.6) is 11.5 Å². The number of nitrogens with one attached hydrogen (secondary N) is 2. The summed E-state index contributed by atoms with van der Waals surface area (Å²) < 4.78 is 11.1. The molecule has 2 amide bonds. The average Bonchev–Trinajstić information content (AvgIpc) is 2.68. The van der Waals surface area contributed by atoms with E-state index in [0.29, 0.717) is 43.2 Å². The fraction of sp³-hybridized carbons (Fsp3) is 0.364. The summed E-state index contributed by atoms with van der Waals surface area (Å²) in [6, 6.07) is 13.1. The predicted molar refractivity (Wildman–Crippen MR) is 109 cm³/mol. The lowest BCUT2D eigenvalue weighted by Crippen LogP contribution is -2.30. The van der Waals surface area contributed by atoms with Crippen molar-refractivity contribution in [3.63, 3.8) is 0 Å². The van der Waals surface area contributed by atoms with Crippen LogP contribution in [-0.2, 0) is 16.0 Å². The van der Waals surface area contributed by atoms with Gasteiger partial charge in [0.15, 0.2) is 11.5 Å². The Hall–Kier alpha value is -3.02. The highest BCUT2D eigenvalue weighted by molar-refractivity contribution is 5.96. The number of ether oxygens (including phenoxy) is 2. The molecule has 0 fully saturated rings. The molecule has 28 heavy (non-hydrogen) atoms. The van der Waals surface area contributed by atoms with E-state index in [2.05, 4.69) is 10.6 Å². The molecule has 6 heteroatoms. The van der Waals surface area contributed by atoms with Gasteiger partial charge in [-0.1, -0.05) is 18.2 Å². The van der Waals surface area contributed by atoms with Crippen LogP contribution in [0.15, 0.2) is 42.5 Å². The highest BCUT2D eigenvalue weighted by Gasteiger charge is 2.26. The van der Waals surface area contributed by atoms with Gasteiger partial charge in [-0.2, -0.15) is 0 Å². The zero-order valence-electron chi connectivity index (χ0n) is 16.3. The molecule has 1 aliphatic rings. The first-order valence-corrected chi connectivity index (χ1v) is 9.69. The Balaban J connectivity index is 1.57. The number of amides is 2. The first kappa shape index (κ1) is 19.7. The van der Waals surface area contributed by atoms with E-state index in [0.717, 1.165) is 11.3 Å². The van der Waals surface area contributed by atoms with Gasteiger partial charge in [0.1, 0.15) is 0 Å². The highest BCUT2D eigenvalue weighted by atomic mass is 16.5. The molecule has 1 atom stereocenters. The molecule has 2 aromatic carbocycles. The largest absolute Gasteiger partial charge is 0.490 e. The van der Waals surface area contributed by atoms with Crippen LogP contribution in [0.3, 0.4) is 0 Å². The molecule has 1 aliphatic heterocycles. The number of hydrogen-bond acceptors (Lipinski definition) is 4. The Bertz CT molecular complexity index is 850. The zero-order valence-corrected chi connectivity index (χ0v) is 16.3. The molecule has 0 bridgehead atoms. The van der Waals surface area contributed by atoms with Crippen molar-refractivity contribution in [1.82, 2.24) is 0 Å². The Morgan fingerprint density at radius 3 is 2.64 bits per heavy atom. The molecule has 0 aliphatic carbocycles. The van der Waals surface area contributed by atoms with E-state index in [-0.39, 0.29) is 24.2 Å². The van der Waals surface area contributed by atoms with Crippen molar-refractivity contribution in [2.24, 2.45) is 5.92 Å². The fourth-order valence-electron chi connectivity index (χ4n) is 3.30. The lowest BCUT2D eigenvalue weighted by Gasteiger charge is -2.24. The third-order valence-corrected chi connectivity index (χ3v) is 4.66. The van der Waals surface area contributed by atoms with E-state index in [4.69, 9.17) is 9.47 Å². The van der Waals surface area contributed by atoms with Crippen LogP contribution in [0, 0.1) is 5.92 Å². The fourth-order valence-corrected chi connectivity index (χ4v) is 3.30. The summed E-state index contributed by atoms with van der Waals surface area (Å²) >= 11 is 0. The third-order valence-electron chi connectivity index (χ3n) is 4.66. The Labute approximate surface area is 165 Å². The van der Waals surface area contributed by atoms with Gasteiger partial charge in [-0.3, -0.25) is 9.59 Å². The summed E-state index contributed by atoms with van der Waals surface area (Å²) in [5.74, 6) is 0.912. The first-order valence-electron chi connectivity index (χ1n) is 9.69. The highest BCUT2D eigenvalue weighted by Crippen LogP contribution is 2.31. The maximum absolute atomic E-state index is 12.4. The molecule has 1 unspecified atom stereocenters. The molecule has 6 nitrogen and oxygen atoms in total.